The molecule has 0 aliphatic carbocycles. The lowest BCUT2D eigenvalue weighted by Gasteiger charge is -2.13. The Morgan fingerprint density at radius 3 is 2.82 bits per heavy atom. The lowest BCUT2D eigenvalue weighted by Crippen LogP contribution is -2.24. The predicted octanol–water partition coefficient (Wildman–Crippen LogP) is 4.27. The Kier molecular flexibility index (Phi) is 8.60. The van der Waals surface area contributed by atoms with Crippen LogP contribution in [0.1, 0.15) is 16.9 Å². The second kappa shape index (κ2) is 12.1. The summed E-state index contributed by atoms with van der Waals surface area (Å²) in [7, 11) is -1.76. The number of sulfonamides is 1. The van der Waals surface area contributed by atoms with Gasteiger partial charge in [0.05, 0.1) is 28.8 Å². The molecule has 0 fully saturated rings. The number of carbonyl (C=O) groups excluding carboxylic acids is 1. The summed E-state index contributed by atoms with van der Waals surface area (Å²) < 4.78 is 32.4. The van der Waals surface area contributed by atoms with Crippen molar-refractivity contribution in [3.05, 3.63) is 52.9 Å². The third kappa shape index (κ3) is 6.65. The van der Waals surface area contributed by atoms with Gasteiger partial charge < -0.3 is 20.7 Å². The average molecular weight is 586 g/mol. The molecule has 39 heavy (non-hydrogen) atoms. The van der Waals surface area contributed by atoms with Crippen LogP contribution in [-0.2, 0) is 32.5 Å². The van der Waals surface area contributed by atoms with Gasteiger partial charge in [-0.2, -0.15) is 0 Å². The smallest absolute Gasteiger partial charge is 0.229 e. The van der Waals surface area contributed by atoms with Crippen LogP contribution in [0.4, 0.5) is 10.7 Å². The van der Waals surface area contributed by atoms with Crippen molar-refractivity contribution in [2.75, 3.05) is 49.6 Å². The van der Waals surface area contributed by atoms with Crippen LogP contribution in [0.15, 0.2) is 42.5 Å². The van der Waals surface area contributed by atoms with Gasteiger partial charge in [-0.15, -0.1) is 22.7 Å². The fraction of sp³-hybridized carbons (Fsp3) is 0.333. The Hall–Kier alpha value is -2.87. The summed E-state index contributed by atoms with van der Waals surface area (Å²) in [6, 6.07) is 13.3. The number of carbonyl (C=O) groups is 1. The van der Waals surface area contributed by atoms with Gasteiger partial charge in [-0.25, -0.2) is 13.4 Å². The highest BCUT2D eigenvalue weighted by atomic mass is 32.2. The van der Waals surface area contributed by atoms with Crippen molar-refractivity contribution in [1.82, 2.24) is 15.6 Å². The number of ether oxygens (including phenoxy) is 1. The molecular formula is C27H31N5O4S3. The van der Waals surface area contributed by atoms with E-state index in [2.05, 4.69) is 20.7 Å². The number of benzene rings is 2. The standard InChI is InChI=1S/C27H31N5O4S3/c1-36-14-13-28-12-10-24(33)31-27-25(19-9-11-29-16-23(19)38-27)26-30-21-8-7-17(15-22(21)37-26)18-5-3-4-6-20(18)32-39(2,34)35/h3-8,15,28-29,32H,9-14,16H2,1-2H3,(H,31,33). The van der Waals surface area contributed by atoms with Gasteiger partial charge in [-0.3, -0.25) is 9.52 Å². The summed E-state index contributed by atoms with van der Waals surface area (Å²) in [4.78, 5) is 19.0. The molecule has 12 heteroatoms. The minimum absolute atomic E-state index is 0.0360. The Labute approximate surface area is 236 Å². The minimum atomic E-state index is -3.42. The van der Waals surface area contributed by atoms with E-state index in [1.807, 2.05) is 30.3 Å². The van der Waals surface area contributed by atoms with Gasteiger partial charge in [0.25, 0.3) is 0 Å². The monoisotopic (exact) mass is 585 g/mol. The molecule has 4 aromatic rings. The van der Waals surface area contributed by atoms with E-state index in [1.165, 1.54) is 10.4 Å². The number of thiazole rings is 1. The van der Waals surface area contributed by atoms with E-state index in [9.17, 15) is 13.2 Å². The van der Waals surface area contributed by atoms with Crippen LogP contribution in [0.25, 0.3) is 31.9 Å². The zero-order valence-corrected chi connectivity index (χ0v) is 24.2. The SMILES string of the molecule is COCCNCCC(=O)Nc1sc2c(c1-c1nc3ccc(-c4ccccc4NS(C)(=O)=O)cc3s1)CCNC2. The molecule has 0 unspecified atom stereocenters. The third-order valence-corrected chi connectivity index (χ3v) is 9.10. The number of methoxy groups -OCH3 is 1. The summed E-state index contributed by atoms with van der Waals surface area (Å²) in [6.07, 6.45) is 2.39. The molecule has 1 aliphatic rings. The number of para-hydroxylation sites is 1. The lowest BCUT2D eigenvalue weighted by atomic mass is 10.0. The normalized spacial score (nSPS) is 13.4. The highest BCUT2D eigenvalue weighted by Gasteiger charge is 2.25. The molecule has 0 saturated heterocycles. The van der Waals surface area contributed by atoms with Gasteiger partial charge >= 0.3 is 0 Å². The van der Waals surface area contributed by atoms with E-state index in [0.29, 0.717) is 31.8 Å². The molecule has 0 atom stereocenters. The largest absolute Gasteiger partial charge is 0.383 e. The molecule has 0 spiro atoms. The van der Waals surface area contributed by atoms with Gasteiger partial charge in [-0.05, 0) is 42.3 Å². The minimum Gasteiger partial charge on any atom is -0.383 e. The Morgan fingerprint density at radius 2 is 2.00 bits per heavy atom. The number of nitrogens with one attached hydrogen (secondary N) is 4. The van der Waals surface area contributed by atoms with Crippen molar-refractivity contribution >= 4 is 59.5 Å². The van der Waals surface area contributed by atoms with Crippen LogP contribution in [0.2, 0.25) is 0 Å². The number of aromatic nitrogens is 1. The van der Waals surface area contributed by atoms with Gasteiger partial charge in [0.2, 0.25) is 15.9 Å². The maximum absolute atomic E-state index is 12.8. The number of fused-ring (bicyclic) bond motifs is 2. The topological polar surface area (TPSA) is 121 Å². The number of hydrogen-bond donors (Lipinski definition) is 4. The fourth-order valence-electron chi connectivity index (χ4n) is 4.56. The van der Waals surface area contributed by atoms with Crippen LogP contribution in [-0.4, -0.2) is 58.9 Å². The number of thiophene rings is 1. The van der Waals surface area contributed by atoms with Crippen molar-refractivity contribution in [2.45, 2.75) is 19.4 Å². The second-order valence-electron chi connectivity index (χ2n) is 9.30. The van der Waals surface area contributed by atoms with Crippen LogP contribution >= 0.6 is 22.7 Å². The van der Waals surface area contributed by atoms with Crippen LogP contribution in [0.5, 0.6) is 0 Å². The molecule has 0 bridgehead atoms. The van der Waals surface area contributed by atoms with Gasteiger partial charge in [0.15, 0.2) is 0 Å². The molecule has 206 valence electrons. The van der Waals surface area contributed by atoms with Crippen molar-refractivity contribution < 1.29 is 17.9 Å². The predicted molar refractivity (Wildman–Crippen MR) is 160 cm³/mol. The molecule has 1 aliphatic heterocycles. The number of amides is 1. The molecule has 0 saturated carbocycles. The van der Waals surface area contributed by atoms with Gasteiger partial charge in [0.1, 0.15) is 10.0 Å². The zero-order valence-electron chi connectivity index (χ0n) is 21.8. The van der Waals surface area contributed by atoms with E-state index in [-0.39, 0.29) is 5.91 Å². The molecular weight excluding hydrogens is 555 g/mol. The molecule has 1 amide bonds. The highest BCUT2D eigenvalue weighted by Crippen LogP contribution is 2.45. The number of hydrogen-bond acceptors (Lipinski definition) is 9. The lowest BCUT2D eigenvalue weighted by molar-refractivity contribution is -0.116. The van der Waals surface area contributed by atoms with Crippen LogP contribution in [0, 0.1) is 0 Å². The van der Waals surface area contributed by atoms with E-state index in [1.54, 1.807) is 41.9 Å². The first-order valence-electron chi connectivity index (χ1n) is 12.7. The molecule has 4 N–H and O–H groups in total. The fourth-order valence-corrected chi connectivity index (χ4v) is 7.52. The molecule has 0 radical (unpaired) electrons. The first kappa shape index (κ1) is 27.7. The van der Waals surface area contributed by atoms with E-state index in [0.717, 1.165) is 62.7 Å². The van der Waals surface area contributed by atoms with Gasteiger partial charge in [-0.1, -0.05) is 24.3 Å². The maximum atomic E-state index is 12.8. The number of anilines is 2. The number of nitrogens with zero attached hydrogens (tertiary/aromatic N) is 1. The van der Waals surface area contributed by atoms with Crippen LogP contribution in [0.3, 0.4) is 0 Å². The first-order valence-corrected chi connectivity index (χ1v) is 16.2. The van der Waals surface area contributed by atoms with Crippen molar-refractivity contribution in [3.8, 4) is 21.7 Å². The number of rotatable bonds is 11. The Bertz CT molecular complexity index is 1600. The molecule has 3 heterocycles. The maximum Gasteiger partial charge on any atom is 0.229 e. The zero-order chi connectivity index (χ0) is 27.4. The summed E-state index contributed by atoms with van der Waals surface area (Å²) in [5, 5.41) is 11.5. The van der Waals surface area contributed by atoms with Crippen molar-refractivity contribution in [2.24, 2.45) is 0 Å². The second-order valence-corrected chi connectivity index (χ2v) is 13.2. The molecule has 2 aromatic carbocycles. The summed E-state index contributed by atoms with van der Waals surface area (Å²) in [5.41, 5.74) is 5.35. The molecule has 5 rings (SSSR count). The van der Waals surface area contributed by atoms with Gasteiger partial charge in [0, 0.05) is 49.2 Å². The van der Waals surface area contributed by atoms with Crippen LogP contribution < -0.4 is 20.7 Å². The van der Waals surface area contributed by atoms with E-state index >= 15 is 0 Å². The summed E-state index contributed by atoms with van der Waals surface area (Å²) in [6.45, 7) is 3.55. The quantitative estimate of drug-likeness (QED) is 0.194. The molecule has 2 aromatic heterocycles. The van der Waals surface area contributed by atoms with E-state index < -0.39 is 10.0 Å². The molecule has 9 nitrogen and oxygen atoms in total. The van der Waals surface area contributed by atoms with Crippen molar-refractivity contribution in [1.29, 1.82) is 0 Å². The Balaban J connectivity index is 1.46. The first-order chi connectivity index (χ1) is 18.8. The van der Waals surface area contributed by atoms with Crippen molar-refractivity contribution in [3.63, 3.8) is 0 Å². The van der Waals surface area contributed by atoms with E-state index in [4.69, 9.17) is 9.72 Å². The average Bonchev–Trinajstić information content (AvgIpc) is 3.48. The summed E-state index contributed by atoms with van der Waals surface area (Å²) >= 11 is 3.20. The summed E-state index contributed by atoms with van der Waals surface area (Å²) in [5.74, 6) is -0.0360. The third-order valence-electron chi connectivity index (χ3n) is 6.33. The highest BCUT2D eigenvalue weighted by molar-refractivity contribution is 7.92. The Morgan fingerprint density at radius 1 is 1.15 bits per heavy atom.